The lowest BCUT2D eigenvalue weighted by Gasteiger charge is -2.25. The van der Waals surface area contributed by atoms with Crippen molar-refractivity contribution >= 4 is 11.6 Å². The van der Waals surface area contributed by atoms with E-state index < -0.39 is 0 Å². The molecule has 0 fully saturated rings. The van der Waals surface area contributed by atoms with Gasteiger partial charge in [0.1, 0.15) is 5.82 Å². The van der Waals surface area contributed by atoms with Crippen molar-refractivity contribution in [2.45, 2.75) is 46.1 Å². The molecule has 0 amide bonds. The van der Waals surface area contributed by atoms with Crippen LogP contribution in [-0.2, 0) is 6.42 Å². The second kappa shape index (κ2) is 6.53. The van der Waals surface area contributed by atoms with Gasteiger partial charge in [-0.15, -0.1) is 0 Å². The maximum absolute atomic E-state index is 13.1. The molecule has 1 rings (SSSR count). The quantitative estimate of drug-likeness (QED) is 0.835. The molecule has 1 aromatic rings. The first-order chi connectivity index (χ1) is 8.31. The van der Waals surface area contributed by atoms with Gasteiger partial charge in [-0.05, 0) is 57.4 Å². The fraction of sp³-hybridized carbons (Fsp3) is 0.600. The van der Waals surface area contributed by atoms with E-state index >= 15 is 0 Å². The molecule has 0 saturated carbocycles. The molecule has 1 nitrogen and oxygen atoms in total. The van der Waals surface area contributed by atoms with Crippen LogP contribution in [0.3, 0.4) is 0 Å². The molecule has 1 N–H and O–H groups in total. The second-order valence-electron chi connectivity index (χ2n) is 5.86. The van der Waals surface area contributed by atoms with Crippen molar-refractivity contribution in [3.63, 3.8) is 0 Å². The van der Waals surface area contributed by atoms with E-state index in [1.807, 2.05) is 6.07 Å². The highest BCUT2D eigenvalue weighted by molar-refractivity contribution is 6.30. The molecule has 0 radical (unpaired) electrons. The van der Waals surface area contributed by atoms with Gasteiger partial charge in [0.15, 0.2) is 0 Å². The average molecular weight is 272 g/mol. The Morgan fingerprint density at radius 3 is 2.50 bits per heavy atom. The third kappa shape index (κ3) is 5.36. The normalized spacial score (nSPS) is 13.7. The number of benzene rings is 1. The Hall–Kier alpha value is -0.600. The van der Waals surface area contributed by atoms with E-state index in [1.165, 1.54) is 6.07 Å². The third-order valence-corrected chi connectivity index (χ3v) is 3.30. The van der Waals surface area contributed by atoms with Crippen LogP contribution >= 0.6 is 11.6 Å². The summed E-state index contributed by atoms with van der Waals surface area (Å²) in [4.78, 5) is 0. The van der Waals surface area contributed by atoms with Gasteiger partial charge in [0.05, 0.1) is 5.02 Å². The van der Waals surface area contributed by atoms with Crippen LogP contribution in [0.2, 0.25) is 5.02 Å². The molecule has 0 heterocycles. The molecule has 1 atom stereocenters. The van der Waals surface area contributed by atoms with Crippen molar-refractivity contribution < 1.29 is 4.39 Å². The highest BCUT2D eigenvalue weighted by atomic mass is 35.5. The maximum atomic E-state index is 13.1. The molecule has 0 aliphatic carbocycles. The first-order valence-electron chi connectivity index (χ1n) is 6.50. The van der Waals surface area contributed by atoms with Crippen LogP contribution in [0.4, 0.5) is 4.39 Å². The number of nitrogens with one attached hydrogen (secondary N) is 1. The standard InChI is InChI=1S/C15H23ClFN/c1-5-11(10-18-15(2,3)4)8-12-6-7-14(17)13(16)9-12/h6-7,9,11,18H,5,8,10H2,1-4H3. The molecule has 0 spiro atoms. The lowest BCUT2D eigenvalue weighted by molar-refractivity contribution is 0.363. The highest BCUT2D eigenvalue weighted by Crippen LogP contribution is 2.19. The minimum atomic E-state index is -0.346. The van der Waals surface area contributed by atoms with Gasteiger partial charge in [0.2, 0.25) is 0 Å². The Balaban J connectivity index is 2.59. The van der Waals surface area contributed by atoms with E-state index in [0.29, 0.717) is 5.92 Å². The van der Waals surface area contributed by atoms with E-state index in [-0.39, 0.29) is 16.4 Å². The molecule has 3 heteroatoms. The summed E-state index contributed by atoms with van der Waals surface area (Å²) in [6.45, 7) is 9.63. The Bertz CT molecular complexity index is 385. The van der Waals surface area contributed by atoms with Crippen molar-refractivity contribution in [1.82, 2.24) is 5.32 Å². The molecular formula is C15H23ClFN. The zero-order valence-electron chi connectivity index (χ0n) is 11.7. The lowest BCUT2D eigenvalue weighted by atomic mass is 9.95. The van der Waals surface area contributed by atoms with Gasteiger partial charge in [-0.25, -0.2) is 4.39 Å². The van der Waals surface area contributed by atoms with Gasteiger partial charge in [0.25, 0.3) is 0 Å². The van der Waals surface area contributed by atoms with Crippen molar-refractivity contribution in [2.75, 3.05) is 6.54 Å². The van der Waals surface area contributed by atoms with Crippen LogP contribution in [0.5, 0.6) is 0 Å². The zero-order valence-corrected chi connectivity index (χ0v) is 12.4. The summed E-state index contributed by atoms with van der Waals surface area (Å²) in [5.74, 6) is 0.201. The van der Waals surface area contributed by atoms with Gasteiger partial charge in [-0.1, -0.05) is 31.0 Å². The van der Waals surface area contributed by atoms with Crippen LogP contribution in [0.1, 0.15) is 39.7 Å². The van der Waals surface area contributed by atoms with Crippen LogP contribution in [0, 0.1) is 11.7 Å². The van der Waals surface area contributed by atoms with Gasteiger partial charge in [-0.3, -0.25) is 0 Å². The molecule has 102 valence electrons. The Labute approximate surface area is 115 Å². The molecule has 1 aromatic carbocycles. The number of rotatable bonds is 5. The van der Waals surface area contributed by atoms with Crippen molar-refractivity contribution in [1.29, 1.82) is 0 Å². The molecule has 0 bridgehead atoms. The molecule has 0 aromatic heterocycles. The summed E-state index contributed by atoms with van der Waals surface area (Å²) in [5.41, 5.74) is 1.23. The molecule has 1 unspecified atom stereocenters. The summed E-state index contributed by atoms with van der Waals surface area (Å²) in [7, 11) is 0. The van der Waals surface area contributed by atoms with E-state index in [4.69, 9.17) is 11.6 Å². The number of halogens is 2. The smallest absolute Gasteiger partial charge is 0.141 e. The van der Waals surface area contributed by atoms with E-state index in [0.717, 1.165) is 24.9 Å². The minimum Gasteiger partial charge on any atom is -0.312 e. The van der Waals surface area contributed by atoms with Gasteiger partial charge in [0, 0.05) is 5.54 Å². The first-order valence-corrected chi connectivity index (χ1v) is 6.88. The largest absolute Gasteiger partial charge is 0.312 e. The Morgan fingerprint density at radius 2 is 2.00 bits per heavy atom. The minimum absolute atomic E-state index is 0.133. The SMILES string of the molecule is CCC(CNC(C)(C)C)Cc1ccc(F)c(Cl)c1. The van der Waals surface area contributed by atoms with E-state index in [1.54, 1.807) is 6.07 Å². The van der Waals surface area contributed by atoms with Crippen LogP contribution in [-0.4, -0.2) is 12.1 Å². The first kappa shape index (κ1) is 15.5. The number of hydrogen-bond acceptors (Lipinski definition) is 1. The Kier molecular flexibility index (Phi) is 5.61. The summed E-state index contributed by atoms with van der Waals surface area (Å²) >= 11 is 5.80. The molecule has 0 aliphatic rings. The topological polar surface area (TPSA) is 12.0 Å². The third-order valence-electron chi connectivity index (χ3n) is 3.01. The van der Waals surface area contributed by atoms with Crippen LogP contribution in [0.25, 0.3) is 0 Å². The van der Waals surface area contributed by atoms with Crippen LogP contribution < -0.4 is 5.32 Å². The average Bonchev–Trinajstić information content (AvgIpc) is 2.28. The summed E-state index contributed by atoms with van der Waals surface area (Å²) in [5, 5.41) is 3.73. The summed E-state index contributed by atoms with van der Waals surface area (Å²) < 4.78 is 13.1. The van der Waals surface area contributed by atoms with Crippen molar-refractivity contribution in [3.05, 3.63) is 34.6 Å². The highest BCUT2D eigenvalue weighted by Gasteiger charge is 2.14. The fourth-order valence-corrected chi connectivity index (χ4v) is 2.01. The lowest BCUT2D eigenvalue weighted by Crippen LogP contribution is -2.39. The van der Waals surface area contributed by atoms with Gasteiger partial charge < -0.3 is 5.32 Å². The summed E-state index contributed by atoms with van der Waals surface area (Å²) in [6, 6.07) is 5.00. The monoisotopic (exact) mass is 271 g/mol. The predicted molar refractivity (Wildman–Crippen MR) is 76.7 cm³/mol. The van der Waals surface area contributed by atoms with Gasteiger partial charge in [-0.2, -0.15) is 0 Å². The molecule has 0 aliphatic heterocycles. The van der Waals surface area contributed by atoms with Crippen molar-refractivity contribution in [2.24, 2.45) is 5.92 Å². The van der Waals surface area contributed by atoms with E-state index in [9.17, 15) is 4.39 Å². The molecule has 0 saturated heterocycles. The Morgan fingerprint density at radius 1 is 1.33 bits per heavy atom. The number of hydrogen-bond donors (Lipinski definition) is 1. The van der Waals surface area contributed by atoms with E-state index in [2.05, 4.69) is 33.0 Å². The summed E-state index contributed by atoms with van der Waals surface area (Å²) in [6.07, 6.45) is 2.03. The zero-order chi connectivity index (χ0) is 13.8. The van der Waals surface area contributed by atoms with Crippen molar-refractivity contribution in [3.8, 4) is 0 Å². The second-order valence-corrected chi connectivity index (χ2v) is 6.26. The fourth-order valence-electron chi connectivity index (χ4n) is 1.81. The molecular weight excluding hydrogens is 249 g/mol. The van der Waals surface area contributed by atoms with Crippen LogP contribution in [0.15, 0.2) is 18.2 Å². The van der Waals surface area contributed by atoms with Gasteiger partial charge >= 0.3 is 0 Å². The maximum Gasteiger partial charge on any atom is 0.141 e. The molecule has 18 heavy (non-hydrogen) atoms. The predicted octanol–water partition coefficient (Wildman–Crippen LogP) is 4.44.